The smallest absolute Gasteiger partial charge is 0.224 e. The molecule has 0 N–H and O–H groups in total. The number of likely N-dealkylation sites (tertiary alicyclic amines) is 1. The number of imidazole rings is 1. The predicted molar refractivity (Wildman–Crippen MR) is 97.9 cm³/mol. The molecule has 134 valence electrons. The third kappa shape index (κ3) is 3.86. The lowest BCUT2D eigenvalue weighted by atomic mass is 9.97. The number of hydrogen-bond donors (Lipinski definition) is 0. The SMILES string of the molecule is COc1ccccc1C1CCN(C(=O)CCn2ccnc2C(C)C)C1. The number of hydrogen-bond acceptors (Lipinski definition) is 3. The second-order valence-corrected chi connectivity index (χ2v) is 6.95. The molecule has 1 amide bonds. The van der Waals surface area contributed by atoms with Crippen LogP contribution in [0.5, 0.6) is 5.75 Å². The van der Waals surface area contributed by atoms with E-state index in [1.807, 2.05) is 35.5 Å². The van der Waals surface area contributed by atoms with E-state index in [9.17, 15) is 4.79 Å². The first-order valence-electron chi connectivity index (χ1n) is 9.02. The summed E-state index contributed by atoms with van der Waals surface area (Å²) in [5.74, 6) is 2.91. The average Bonchev–Trinajstić information content (AvgIpc) is 3.29. The number of benzene rings is 1. The number of carbonyl (C=O) groups excluding carboxylic acids is 1. The molecular weight excluding hydrogens is 314 g/mol. The third-order valence-corrected chi connectivity index (χ3v) is 4.95. The van der Waals surface area contributed by atoms with Crippen LogP contribution in [-0.4, -0.2) is 40.6 Å². The van der Waals surface area contributed by atoms with Crippen LogP contribution < -0.4 is 4.74 Å². The van der Waals surface area contributed by atoms with Crippen molar-refractivity contribution in [2.45, 2.75) is 45.1 Å². The Morgan fingerprint density at radius 1 is 1.36 bits per heavy atom. The van der Waals surface area contributed by atoms with Gasteiger partial charge in [0.2, 0.25) is 5.91 Å². The van der Waals surface area contributed by atoms with Crippen LogP contribution in [-0.2, 0) is 11.3 Å². The molecule has 1 aromatic heterocycles. The minimum Gasteiger partial charge on any atom is -0.496 e. The lowest BCUT2D eigenvalue weighted by Gasteiger charge is -2.18. The lowest BCUT2D eigenvalue weighted by molar-refractivity contribution is -0.130. The van der Waals surface area contributed by atoms with Gasteiger partial charge < -0.3 is 14.2 Å². The summed E-state index contributed by atoms with van der Waals surface area (Å²) in [5.41, 5.74) is 1.21. The highest BCUT2D eigenvalue weighted by Crippen LogP contribution is 2.33. The molecule has 0 radical (unpaired) electrons. The van der Waals surface area contributed by atoms with Gasteiger partial charge in [-0.1, -0.05) is 32.0 Å². The van der Waals surface area contributed by atoms with E-state index in [0.29, 0.717) is 24.8 Å². The molecule has 1 atom stereocenters. The van der Waals surface area contributed by atoms with Gasteiger partial charge in [0, 0.05) is 50.3 Å². The van der Waals surface area contributed by atoms with Crippen molar-refractivity contribution in [3.05, 3.63) is 48.0 Å². The molecule has 3 rings (SSSR count). The molecule has 5 nitrogen and oxygen atoms in total. The van der Waals surface area contributed by atoms with Crippen LogP contribution in [0.15, 0.2) is 36.7 Å². The number of aromatic nitrogens is 2. The van der Waals surface area contributed by atoms with Crippen LogP contribution in [0.1, 0.15) is 49.9 Å². The van der Waals surface area contributed by atoms with E-state index in [2.05, 4.69) is 29.5 Å². The number of para-hydroxylation sites is 1. The molecule has 1 saturated heterocycles. The summed E-state index contributed by atoms with van der Waals surface area (Å²) >= 11 is 0. The summed E-state index contributed by atoms with van der Waals surface area (Å²) in [5, 5.41) is 0. The molecule has 1 aromatic carbocycles. The van der Waals surface area contributed by atoms with Gasteiger partial charge in [0.05, 0.1) is 7.11 Å². The highest BCUT2D eigenvalue weighted by Gasteiger charge is 2.28. The van der Waals surface area contributed by atoms with E-state index < -0.39 is 0 Å². The van der Waals surface area contributed by atoms with Gasteiger partial charge in [-0.2, -0.15) is 0 Å². The molecule has 0 spiro atoms. The van der Waals surface area contributed by atoms with Gasteiger partial charge in [-0.25, -0.2) is 4.98 Å². The Morgan fingerprint density at radius 2 is 2.16 bits per heavy atom. The number of ether oxygens (including phenoxy) is 1. The van der Waals surface area contributed by atoms with Crippen LogP contribution in [0, 0.1) is 0 Å². The van der Waals surface area contributed by atoms with Gasteiger partial charge in [-0.05, 0) is 18.1 Å². The number of nitrogens with zero attached hydrogens (tertiary/aromatic N) is 3. The standard InChI is InChI=1S/C20H27N3O2/c1-15(2)20-21-10-13-22(20)12-9-19(24)23-11-8-16(14-23)17-6-4-5-7-18(17)25-3/h4-7,10,13,15-16H,8-9,11-12,14H2,1-3H3. The summed E-state index contributed by atoms with van der Waals surface area (Å²) in [4.78, 5) is 19.0. The van der Waals surface area contributed by atoms with Crippen molar-refractivity contribution in [1.82, 2.24) is 14.5 Å². The Hall–Kier alpha value is -2.30. The molecule has 5 heteroatoms. The van der Waals surface area contributed by atoms with E-state index >= 15 is 0 Å². The summed E-state index contributed by atoms with van der Waals surface area (Å²) < 4.78 is 7.57. The maximum absolute atomic E-state index is 12.6. The number of carbonyl (C=O) groups is 1. The number of aryl methyl sites for hydroxylation is 1. The van der Waals surface area contributed by atoms with Crippen molar-refractivity contribution in [1.29, 1.82) is 0 Å². The number of rotatable bonds is 6. The van der Waals surface area contributed by atoms with Crippen molar-refractivity contribution >= 4 is 5.91 Å². The quantitative estimate of drug-likeness (QED) is 0.809. The second kappa shape index (κ2) is 7.72. The summed E-state index contributed by atoms with van der Waals surface area (Å²) in [7, 11) is 1.70. The monoisotopic (exact) mass is 341 g/mol. The van der Waals surface area contributed by atoms with Gasteiger partial charge in [0.15, 0.2) is 0 Å². The van der Waals surface area contributed by atoms with Crippen molar-refractivity contribution in [3.8, 4) is 5.75 Å². The van der Waals surface area contributed by atoms with Gasteiger partial charge in [-0.15, -0.1) is 0 Å². The average molecular weight is 341 g/mol. The van der Waals surface area contributed by atoms with E-state index in [1.54, 1.807) is 7.11 Å². The maximum Gasteiger partial charge on any atom is 0.224 e. The van der Waals surface area contributed by atoms with Gasteiger partial charge in [-0.3, -0.25) is 4.79 Å². The fourth-order valence-electron chi connectivity index (χ4n) is 3.63. The Kier molecular flexibility index (Phi) is 5.41. The molecule has 0 saturated carbocycles. The van der Waals surface area contributed by atoms with Crippen molar-refractivity contribution in [2.24, 2.45) is 0 Å². The summed E-state index contributed by atoms with van der Waals surface area (Å²) in [6, 6.07) is 8.12. The first-order valence-corrected chi connectivity index (χ1v) is 9.02. The Labute approximate surface area is 149 Å². The maximum atomic E-state index is 12.6. The fourth-order valence-corrected chi connectivity index (χ4v) is 3.63. The fraction of sp³-hybridized carbons (Fsp3) is 0.500. The van der Waals surface area contributed by atoms with E-state index in [-0.39, 0.29) is 5.91 Å². The highest BCUT2D eigenvalue weighted by atomic mass is 16.5. The van der Waals surface area contributed by atoms with Crippen LogP contribution in [0.2, 0.25) is 0 Å². The minimum atomic E-state index is 0.223. The highest BCUT2D eigenvalue weighted by molar-refractivity contribution is 5.76. The number of amides is 1. The zero-order valence-corrected chi connectivity index (χ0v) is 15.3. The molecule has 0 bridgehead atoms. The normalized spacial score (nSPS) is 17.3. The van der Waals surface area contributed by atoms with E-state index in [4.69, 9.17) is 4.74 Å². The largest absolute Gasteiger partial charge is 0.496 e. The van der Waals surface area contributed by atoms with Crippen molar-refractivity contribution < 1.29 is 9.53 Å². The van der Waals surface area contributed by atoms with Gasteiger partial charge in [0.25, 0.3) is 0 Å². The molecule has 2 heterocycles. The second-order valence-electron chi connectivity index (χ2n) is 6.95. The summed E-state index contributed by atoms with van der Waals surface area (Å²) in [6.45, 7) is 6.54. The third-order valence-electron chi connectivity index (χ3n) is 4.95. The van der Waals surface area contributed by atoms with E-state index in [0.717, 1.165) is 31.1 Å². The van der Waals surface area contributed by atoms with E-state index in [1.165, 1.54) is 5.56 Å². The Morgan fingerprint density at radius 3 is 2.92 bits per heavy atom. The number of methoxy groups -OCH3 is 1. The molecule has 1 fully saturated rings. The summed E-state index contributed by atoms with van der Waals surface area (Å²) in [6.07, 6.45) is 5.29. The zero-order valence-electron chi connectivity index (χ0n) is 15.3. The molecule has 0 aliphatic carbocycles. The topological polar surface area (TPSA) is 47.4 Å². The Bertz CT molecular complexity index is 723. The molecule has 1 unspecified atom stereocenters. The van der Waals surface area contributed by atoms with Crippen LogP contribution in [0.4, 0.5) is 0 Å². The minimum absolute atomic E-state index is 0.223. The Balaban J connectivity index is 1.58. The van der Waals surface area contributed by atoms with Gasteiger partial charge >= 0.3 is 0 Å². The van der Waals surface area contributed by atoms with Crippen molar-refractivity contribution in [3.63, 3.8) is 0 Å². The molecule has 2 aromatic rings. The van der Waals surface area contributed by atoms with Gasteiger partial charge in [0.1, 0.15) is 11.6 Å². The lowest BCUT2D eigenvalue weighted by Crippen LogP contribution is -2.29. The molecule has 25 heavy (non-hydrogen) atoms. The first kappa shape index (κ1) is 17.5. The molecule has 1 aliphatic heterocycles. The molecule has 1 aliphatic rings. The van der Waals surface area contributed by atoms with Crippen LogP contribution in [0.3, 0.4) is 0 Å². The molecular formula is C20H27N3O2. The zero-order chi connectivity index (χ0) is 17.8. The van der Waals surface area contributed by atoms with Crippen LogP contribution in [0.25, 0.3) is 0 Å². The predicted octanol–water partition coefficient (Wildman–Crippen LogP) is 3.42. The van der Waals surface area contributed by atoms with Crippen molar-refractivity contribution in [2.75, 3.05) is 20.2 Å². The first-order chi connectivity index (χ1) is 12.1. The van der Waals surface area contributed by atoms with Crippen LogP contribution >= 0.6 is 0 Å².